The fourth-order valence-electron chi connectivity index (χ4n) is 1.41. The highest BCUT2D eigenvalue weighted by Gasteiger charge is 2.43. The molecular formula is C12H12ClF2NO3. The summed E-state index contributed by atoms with van der Waals surface area (Å²) < 4.78 is 27.8. The average Bonchev–Trinajstić information content (AvgIpc) is 2.34. The predicted molar refractivity (Wildman–Crippen MR) is 65.2 cm³/mol. The Morgan fingerprint density at radius 1 is 1.42 bits per heavy atom. The van der Waals surface area contributed by atoms with E-state index in [4.69, 9.17) is 16.7 Å². The van der Waals surface area contributed by atoms with Crippen molar-refractivity contribution < 1.29 is 23.5 Å². The number of halogens is 3. The Hall–Kier alpha value is -1.69. The van der Waals surface area contributed by atoms with Crippen LogP contribution in [-0.2, 0) is 15.5 Å². The number of rotatable bonds is 5. The smallest absolute Gasteiger partial charge is 0.350 e. The van der Waals surface area contributed by atoms with Crippen LogP contribution in [0.15, 0.2) is 24.3 Å². The standard InChI is InChI=1S/C12H12ClF2NO3/c1-16(6-5-10(17)18)11(19)12(14,15)8-3-2-4-9(13)7-8/h2-4,7H,5-6H2,1H3,(H,17,18). The minimum absolute atomic E-state index is 0.0955. The van der Waals surface area contributed by atoms with Gasteiger partial charge in [0.1, 0.15) is 0 Å². The van der Waals surface area contributed by atoms with Crippen LogP contribution in [0.5, 0.6) is 0 Å². The van der Waals surface area contributed by atoms with Crippen LogP contribution in [0.25, 0.3) is 0 Å². The van der Waals surface area contributed by atoms with Gasteiger partial charge in [0.2, 0.25) is 0 Å². The normalized spacial score (nSPS) is 11.2. The van der Waals surface area contributed by atoms with Gasteiger partial charge in [-0.2, -0.15) is 8.78 Å². The van der Waals surface area contributed by atoms with Gasteiger partial charge in [0.05, 0.1) is 6.42 Å². The molecule has 1 amide bonds. The van der Waals surface area contributed by atoms with Crippen LogP contribution >= 0.6 is 11.6 Å². The summed E-state index contributed by atoms with van der Waals surface area (Å²) in [6, 6.07) is 4.83. The molecule has 1 aromatic rings. The molecule has 0 saturated heterocycles. The first kappa shape index (κ1) is 15.4. The lowest BCUT2D eigenvalue weighted by Gasteiger charge is -2.23. The third-order valence-corrected chi connectivity index (χ3v) is 2.70. The first-order valence-electron chi connectivity index (χ1n) is 5.36. The second kappa shape index (κ2) is 5.97. The van der Waals surface area contributed by atoms with E-state index < -0.39 is 29.8 Å². The van der Waals surface area contributed by atoms with Gasteiger partial charge in [-0.1, -0.05) is 23.7 Å². The Balaban J connectivity index is 2.87. The summed E-state index contributed by atoms with van der Waals surface area (Å²) in [6.07, 6.45) is -0.395. The molecule has 0 atom stereocenters. The molecule has 0 aliphatic carbocycles. The van der Waals surface area contributed by atoms with Gasteiger partial charge in [-0.25, -0.2) is 0 Å². The SMILES string of the molecule is CN(CCC(=O)O)C(=O)C(F)(F)c1cccc(Cl)c1. The minimum Gasteiger partial charge on any atom is -0.481 e. The number of amides is 1. The van der Waals surface area contributed by atoms with Gasteiger partial charge in [-0.15, -0.1) is 0 Å². The van der Waals surface area contributed by atoms with Gasteiger partial charge < -0.3 is 10.0 Å². The molecule has 104 valence electrons. The van der Waals surface area contributed by atoms with E-state index in [1.807, 2.05) is 0 Å². The number of carbonyl (C=O) groups excluding carboxylic acids is 1. The highest BCUT2D eigenvalue weighted by Crippen LogP contribution is 2.31. The number of hydrogen-bond donors (Lipinski definition) is 1. The molecule has 4 nitrogen and oxygen atoms in total. The summed E-state index contributed by atoms with van der Waals surface area (Å²) in [4.78, 5) is 22.7. The molecule has 7 heteroatoms. The number of aliphatic carboxylic acids is 1. The Labute approximate surface area is 113 Å². The molecule has 0 aromatic heterocycles. The topological polar surface area (TPSA) is 57.6 Å². The summed E-state index contributed by atoms with van der Waals surface area (Å²) in [7, 11) is 1.13. The summed E-state index contributed by atoms with van der Waals surface area (Å²) in [5.74, 6) is -6.36. The molecular weight excluding hydrogens is 280 g/mol. The highest BCUT2D eigenvalue weighted by molar-refractivity contribution is 6.30. The van der Waals surface area contributed by atoms with E-state index in [-0.39, 0.29) is 11.6 Å². The molecule has 0 bridgehead atoms. The number of carboxylic acid groups (broad SMARTS) is 1. The number of benzene rings is 1. The van der Waals surface area contributed by atoms with Gasteiger partial charge in [-0.3, -0.25) is 9.59 Å². The number of likely N-dealkylation sites (N-methyl/N-ethyl adjacent to an activating group) is 1. The Bertz CT molecular complexity index is 494. The van der Waals surface area contributed by atoms with Crippen LogP contribution in [0.2, 0.25) is 5.02 Å². The lowest BCUT2D eigenvalue weighted by molar-refractivity contribution is -0.158. The lowest BCUT2D eigenvalue weighted by atomic mass is 10.1. The lowest BCUT2D eigenvalue weighted by Crippen LogP contribution is -2.40. The van der Waals surface area contributed by atoms with Crippen molar-refractivity contribution in [3.63, 3.8) is 0 Å². The Morgan fingerprint density at radius 3 is 2.58 bits per heavy atom. The van der Waals surface area contributed by atoms with Crippen molar-refractivity contribution >= 4 is 23.5 Å². The van der Waals surface area contributed by atoms with Crippen LogP contribution in [0.4, 0.5) is 8.78 Å². The van der Waals surface area contributed by atoms with E-state index in [0.717, 1.165) is 19.2 Å². The third kappa shape index (κ3) is 3.89. The summed E-state index contributed by atoms with van der Waals surface area (Å²) >= 11 is 5.60. The van der Waals surface area contributed by atoms with Gasteiger partial charge in [0.15, 0.2) is 0 Å². The second-order valence-electron chi connectivity index (χ2n) is 3.96. The fourth-order valence-corrected chi connectivity index (χ4v) is 1.60. The molecule has 0 heterocycles. The molecule has 0 fully saturated rings. The zero-order valence-corrected chi connectivity index (χ0v) is 10.8. The first-order valence-corrected chi connectivity index (χ1v) is 5.74. The van der Waals surface area contributed by atoms with Crippen LogP contribution in [0.3, 0.4) is 0 Å². The molecule has 0 unspecified atom stereocenters. The van der Waals surface area contributed by atoms with Crippen LogP contribution in [0, 0.1) is 0 Å². The number of nitrogens with zero attached hydrogens (tertiary/aromatic N) is 1. The van der Waals surface area contributed by atoms with Crippen molar-refractivity contribution in [2.24, 2.45) is 0 Å². The minimum atomic E-state index is -3.74. The van der Waals surface area contributed by atoms with Crippen molar-refractivity contribution in [3.8, 4) is 0 Å². The monoisotopic (exact) mass is 291 g/mol. The van der Waals surface area contributed by atoms with E-state index in [1.54, 1.807) is 0 Å². The van der Waals surface area contributed by atoms with E-state index in [9.17, 15) is 18.4 Å². The Kier molecular flexibility index (Phi) is 4.83. The summed E-state index contributed by atoms with van der Waals surface area (Å²) in [5.41, 5.74) is -0.521. The van der Waals surface area contributed by atoms with E-state index in [1.165, 1.54) is 12.1 Å². The van der Waals surface area contributed by atoms with E-state index in [0.29, 0.717) is 4.90 Å². The molecule has 19 heavy (non-hydrogen) atoms. The first-order chi connectivity index (χ1) is 8.75. The maximum Gasteiger partial charge on any atom is 0.350 e. The highest BCUT2D eigenvalue weighted by atomic mass is 35.5. The molecule has 1 rings (SSSR count). The second-order valence-corrected chi connectivity index (χ2v) is 4.39. The zero-order chi connectivity index (χ0) is 14.6. The molecule has 1 aromatic carbocycles. The van der Waals surface area contributed by atoms with Gasteiger partial charge >= 0.3 is 11.9 Å². The van der Waals surface area contributed by atoms with Gasteiger partial charge in [0.25, 0.3) is 5.91 Å². The number of hydrogen-bond acceptors (Lipinski definition) is 2. The van der Waals surface area contributed by atoms with Crippen molar-refractivity contribution in [1.29, 1.82) is 0 Å². The zero-order valence-electron chi connectivity index (χ0n) is 10.1. The van der Waals surface area contributed by atoms with Crippen LogP contribution in [-0.4, -0.2) is 35.5 Å². The van der Waals surface area contributed by atoms with Crippen LogP contribution in [0.1, 0.15) is 12.0 Å². The van der Waals surface area contributed by atoms with Crippen molar-refractivity contribution in [2.75, 3.05) is 13.6 Å². The Morgan fingerprint density at radius 2 is 2.05 bits per heavy atom. The largest absolute Gasteiger partial charge is 0.481 e. The summed E-state index contributed by atoms with van der Waals surface area (Å²) in [5, 5.41) is 8.55. The number of carboxylic acids is 1. The predicted octanol–water partition coefficient (Wildman–Crippen LogP) is 2.36. The molecule has 0 radical (unpaired) electrons. The molecule has 0 spiro atoms. The number of alkyl halides is 2. The fraction of sp³-hybridized carbons (Fsp3) is 0.333. The maximum atomic E-state index is 13.9. The molecule has 0 aliphatic heterocycles. The molecule has 0 aliphatic rings. The third-order valence-electron chi connectivity index (χ3n) is 2.46. The van der Waals surface area contributed by atoms with Gasteiger partial charge in [0, 0.05) is 24.2 Å². The number of carbonyl (C=O) groups is 2. The van der Waals surface area contributed by atoms with E-state index in [2.05, 4.69) is 0 Å². The van der Waals surface area contributed by atoms with Crippen molar-refractivity contribution in [2.45, 2.75) is 12.3 Å². The van der Waals surface area contributed by atoms with Crippen LogP contribution < -0.4 is 0 Å². The maximum absolute atomic E-state index is 13.9. The van der Waals surface area contributed by atoms with Crippen molar-refractivity contribution in [1.82, 2.24) is 4.90 Å². The van der Waals surface area contributed by atoms with E-state index >= 15 is 0 Å². The summed E-state index contributed by atoms with van der Waals surface area (Å²) in [6.45, 7) is -0.287. The average molecular weight is 292 g/mol. The molecule has 1 N–H and O–H groups in total. The molecule has 0 saturated carbocycles. The van der Waals surface area contributed by atoms with Crippen molar-refractivity contribution in [3.05, 3.63) is 34.9 Å². The van der Waals surface area contributed by atoms with Gasteiger partial charge in [-0.05, 0) is 12.1 Å². The quantitative estimate of drug-likeness (QED) is 0.906.